The van der Waals surface area contributed by atoms with Gasteiger partial charge in [-0.25, -0.2) is 18.4 Å². The maximum absolute atomic E-state index is 11.7. The molecule has 1 aromatic carbocycles. The number of fused-ring (bicyclic) bond motifs is 1. The zero-order valence-electron chi connectivity index (χ0n) is 21.4. The summed E-state index contributed by atoms with van der Waals surface area (Å²) in [5.74, 6) is 2.21. The monoisotopic (exact) mass is 529 g/mol. The molecular formula is C28H31N7O2S. The second kappa shape index (κ2) is 9.92. The number of pyridine rings is 2. The third kappa shape index (κ3) is 5.19. The summed E-state index contributed by atoms with van der Waals surface area (Å²) in [7, 11) is -2.99. The molecule has 0 radical (unpaired) electrons. The SMILES string of the molecule is CS(=O)(=O)CCN1CCN(c2nc(-c3cccnc3-c3ccc(N)cc3)nc3cncc(C4CC4)c23)CC1. The van der Waals surface area contributed by atoms with Gasteiger partial charge < -0.3 is 10.6 Å². The van der Waals surface area contributed by atoms with E-state index in [0.29, 0.717) is 24.0 Å². The van der Waals surface area contributed by atoms with E-state index in [1.165, 1.54) is 11.8 Å². The van der Waals surface area contributed by atoms with Crippen LogP contribution in [0.2, 0.25) is 0 Å². The summed E-state index contributed by atoms with van der Waals surface area (Å²) in [6.07, 6.45) is 9.19. The summed E-state index contributed by atoms with van der Waals surface area (Å²) in [4.78, 5) is 23.9. The van der Waals surface area contributed by atoms with Gasteiger partial charge in [-0.05, 0) is 48.6 Å². The van der Waals surface area contributed by atoms with Gasteiger partial charge in [0.1, 0.15) is 15.7 Å². The van der Waals surface area contributed by atoms with Crippen molar-refractivity contribution < 1.29 is 8.42 Å². The molecule has 1 saturated heterocycles. The Morgan fingerprint density at radius 1 is 1.00 bits per heavy atom. The van der Waals surface area contributed by atoms with Crippen LogP contribution in [-0.4, -0.2) is 78.0 Å². The number of nitrogens with zero attached hydrogens (tertiary/aromatic N) is 6. The highest BCUT2D eigenvalue weighted by molar-refractivity contribution is 7.90. The van der Waals surface area contributed by atoms with E-state index in [2.05, 4.69) is 19.8 Å². The highest BCUT2D eigenvalue weighted by Crippen LogP contribution is 2.45. The Bertz CT molecular complexity index is 1580. The molecule has 196 valence electrons. The minimum Gasteiger partial charge on any atom is -0.399 e. The molecule has 1 aliphatic heterocycles. The lowest BCUT2D eigenvalue weighted by molar-refractivity contribution is 0.271. The van der Waals surface area contributed by atoms with E-state index in [0.717, 1.165) is 72.6 Å². The van der Waals surface area contributed by atoms with Gasteiger partial charge in [-0.2, -0.15) is 0 Å². The predicted octanol–water partition coefficient (Wildman–Crippen LogP) is 3.38. The Morgan fingerprint density at radius 3 is 2.47 bits per heavy atom. The van der Waals surface area contributed by atoms with Crippen molar-refractivity contribution in [1.29, 1.82) is 0 Å². The predicted molar refractivity (Wildman–Crippen MR) is 151 cm³/mol. The molecule has 6 rings (SSSR count). The van der Waals surface area contributed by atoms with Gasteiger partial charge in [0.25, 0.3) is 0 Å². The topological polar surface area (TPSA) is 118 Å². The first-order valence-corrected chi connectivity index (χ1v) is 15.0. The Labute approximate surface area is 222 Å². The number of rotatable bonds is 7. The zero-order valence-corrected chi connectivity index (χ0v) is 22.2. The highest BCUT2D eigenvalue weighted by atomic mass is 32.2. The normalized spacial score (nSPS) is 16.7. The molecule has 2 fully saturated rings. The molecule has 0 bridgehead atoms. The van der Waals surface area contributed by atoms with E-state index in [9.17, 15) is 8.42 Å². The molecule has 38 heavy (non-hydrogen) atoms. The third-order valence-electron chi connectivity index (χ3n) is 7.32. The molecular weight excluding hydrogens is 498 g/mol. The number of benzene rings is 1. The second-order valence-corrected chi connectivity index (χ2v) is 12.5. The molecule has 1 aliphatic carbocycles. The number of hydrogen-bond acceptors (Lipinski definition) is 9. The molecule has 1 saturated carbocycles. The van der Waals surface area contributed by atoms with Gasteiger partial charge >= 0.3 is 0 Å². The minimum atomic E-state index is -2.99. The first-order valence-electron chi connectivity index (χ1n) is 13.0. The van der Waals surface area contributed by atoms with Crippen molar-refractivity contribution in [2.45, 2.75) is 18.8 Å². The first-order chi connectivity index (χ1) is 18.4. The Hall–Kier alpha value is -3.63. The summed E-state index contributed by atoms with van der Waals surface area (Å²) in [5, 5.41) is 1.08. The fraction of sp³-hybridized carbons (Fsp3) is 0.357. The van der Waals surface area contributed by atoms with Crippen molar-refractivity contribution in [3.63, 3.8) is 0 Å². The van der Waals surface area contributed by atoms with Crippen molar-refractivity contribution in [2.24, 2.45) is 0 Å². The van der Waals surface area contributed by atoms with Crippen molar-refractivity contribution in [2.75, 3.05) is 55.4 Å². The van der Waals surface area contributed by atoms with Crippen molar-refractivity contribution in [3.05, 3.63) is 60.6 Å². The van der Waals surface area contributed by atoms with Crippen LogP contribution in [0.25, 0.3) is 33.5 Å². The van der Waals surface area contributed by atoms with E-state index < -0.39 is 9.84 Å². The van der Waals surface area contributed by atoms with E-state index in [1.54, 1.807) is 6.20 Å². The lowest BCUT2D eigenvalue weighted by atomic mass is 10.0. The lowest BCUT2D eigenvalue weighted by Gasteiger charge is -2.36. The van der Waals surface area contributed by atoms with E-state index >= 15 is 0 Å². The van der Waals surface area contributed by atoms with E-state index in [4.69, 9.17) is 15.7 Å². The molecule has 4 aromatic rings. The van der Waals surface area contributed by atoms with Gasteiger partial charge in [0.05, 0.1) is 23.2 Å². The molecule has 4 heterocycles. The van der Waals surface area contributed by atoms with Crippen LogP contribution in [0.5, 0.6) is 0 Å². The van der Waals surface area contributed by atoms with Gasteiger partial charge in [0.15, 0.2) is 5.82 Å². The number of nitrogens with two attached hydrogens (primary N) is 1. The standard InChI is InChI=1S/C28H31N7O2S/c1-38(36,37)16-15-34-11-13-35(14-12-34)28-25-23(19-4-5-19)17-30-18-24(25)32-27(33-28)22-3-2-10-31-26(22)20-6-8-21(29)9-7-20/h2-3,6-10,17-19H,4-5,11-16,29H2,1H3. The van der Waals surface area contributed by atoms with Crippen LogP contribution in [0.3, 0.4) is 0 Å². The van der Waals surface area contributed by atoms with E-state index in [1.807, 2.05) is 48.8 Å². The second-order valence-electron chi connectivity index (χ2n) is 10.2. The van der Waals surface area contributed by atoms with Gasteiger partial charge in [-0.15, -0.1) is 0 Å². The number of anilines is 2. The Morgan fingerprint density at radius 2 is 1.76 bits per heavy atom. The van der Waals surface area contributed by atoms with Crippen LogP contribution >= 0.6 is 0 Å². The van der Waals surface area contributed by atoms with Gasteiger partial charge in [0.2, 0.25) is 0 Å². The molecule has 2 N–H and O–H groups in total. The van der Waals surface area contributed by atoms with Crippen LogP contribution in [-0.2, 0) is 9.84 Å². The molecule has 0 spiro atoms. The fourth-order valence-corrected chi connectivity index (χ4v) is 5.67. The molecule has 2 aliphatic rings. The smallest absolute Gasteiger partial charge is 0.164 e. The maximum Gasteiger partial charge on any atom is 0.164 e. The molecule has 9 nitrogen and oxygen atoms in total. The number of aromatic nitrogens is 4. The highest BCUT2D eigenvalue weighted by Gasteiger charge is 2.30. The lowest BCUT2D eigenvalue weighted by Crippen LogP contribution is -2.48. The molecule has 10 heteroatoms. The van der Waals surface area contributed by atoms with E-state index in [-0.39, 0.29) is 5.75 Å². The van der Waals surface area contributed by atoms with Crippen LogP contribution < -0.4 is 10.6 Å². The number of nitrogen functional groups attached to an aromatic ring is 1. The molecule has 3 aromatic heterocycles. The van der Waals surface area contributed by atoms with Crippen LogP contribution in [0.4, 0.5) is 11.5 Å². The average molecular weight is 530 g/mol. The van der Waals surface area contributed by atoms with Gasteiger partial charge in [0, 0.05) is 73.6 Å². The number of sulfone groups is 1. The quantitative estimate of drug-likeness (QED) is 0.359. The van der Waals surface area contributed by atoms with Crippen molar-refractivity contribution >= 4 is 32.2 Å². The van der Waals surface area contributed by atoms with Gasteiger partial charge in [-0.1, -0.05) is 12.1 Å². The number of hydrogen-bond donors (Lipinski definition) is 1. The average Bonchev–Trinajstić information content (AvgIpc) is 3.77. The molecule has 0 atom stereocenters. The largest absolute Gasteiger partial charge is 0.399 e. The summed E-state index contributed by atoms with van der Waals surface area (Å²) in [6.45, 7) is 3.65. The van der Waals surface area contributed by atoms with Gasteiger partial charge in [-0.3, -0.25) is 14.9 Å². The molecule has 0 amide bonds. The summed E-state index contributed by atoms with van der Waals surface area (Å²) in [5.41, 5.74) is 11.3. The first kappa shape index (κ1) is 24.7. The maximum atomic E-state index is 11.7. The molecule has 0 unspecified atom stereocenters. The Kier molecular flexibility index (Phi) is 6.45. The van der Waals surface area contributed by atoms with Crippen molar-refractivity contribution in [3.8, 4) is 22.6 Å². The summed E-state index contributed by atoms with van der Waals surface area (Å²) >= 11 is 0. The summed E-state index contributed by atoms with van der Waals surface area (Å²) in [6, 6.07) is 11.6. The minimum absolute atomic E-state index is 0.181. The summed E-state index contributed by atoms with van der Waals surface area (Å²) < 4.78 is 23.3. The van der Waals surface area contributed by atoms with Crippen LogP contribution in [0, 0.1) is 0 Å². The van der Waals surface area contributed by atoms with Crippen LogP contribution in [0.1, 0.15) is 24.3 Å². The zero-order chi connectivity index (χ0) is 26.3. The number of piperazine rings is 1. The van der Waals surface area contributed by atoms with Crippen molar-refractivity contribution in [1.82, 2.24) is 24.8 Å². The fourth-order valence-electron chi connectivity index (χ4n) is 5.08. The Balaban J connectivity index is 1.41. The van der Waals surface area contributed by atoms with Crippen LogP contribution in [0.15, 0.2) is 55.0 Å². The third-order valence-corrected chi connectivity index (χ3v) is 8.24.